The Morgan fingerprint density at radius 3 is 2.88 bits per heavy atom. The van der Waals surface area contributed by atoms with Crippen molar-refractivity contribution in [3.8, 4) is 5.75 Å². The number of para-hydroxylation sites is 1. The number of rotatable bonds is 5. The van der Waals surface area contributed by atoms with Crippen molar-refractivity contribution in [1.29, 1.82) is 0 Å². The van der Waals surface area contributed by atoms with Crippen LogP contribution in [0.25, 0.3) is 11.0 Å². The molecule has 0 spiro atoms. The second-order valence-corrected chi connectivity index (χ2v) is 6.36. The summed E-state index contributed by atoms with van der Waals surface area (Å²) in [4.78, 5) is 28.3. The van der Waals surface area contributed by atoms with Crippen LogP contribution in [-0.4, -0.2) is 21.2 Å². The van der Waals surface area contributed by atoms with Crippen LogP contribution in [0.1, 0.15) is 31.0 Å². The molecular formula is C17H17N3O3S. The minimum absolute atomic E-state index is 0.206. The fourth-order valence-corrected chi connectivity index (χ4v) is 3.08. The average molecular weight is 343 g/mol. The van der Waals surface area contributed by atoms with Crippen molar-refractivity contribution in [2.75, 3.05) is 6.61 Å². The SMILES string of the molecule is CCCCOc1ccccc1/C=c1/sc2nc(=O)c(C)nn2c1=O. The fraction of sp³-hybridized carbons (Fsp3) is 0.294. The van der Waals surface area contributed by atoms with Crippen molar-refractivity contribution in [2.24, 2.45) is 0 Å². The van der Waals surface area contributed by atoms with Gasteiger partial charge in [-0.05, 0) is 25.5 Å². The molecule has 2 aromatic heterocycles. The first-order valence-corrected chi connectivity index (χ1v) is 8.56. The highest BCUT2D eigenvalue weighted by molar-refractivity contribution is 7.15. The Morgan fingerprint density at radius 1 is 1.29 bits per heavy atom. The van der Waals surface area contributed by atoms with Crippen LogP contribution in [0.5, 0.6) is 5.75 Å². The highest BCUT2D eigenvalue weighted by Gasteiger charge is 2.09. The Labute approximate surface area is 142 Å². The lowest BCUT2D eigenvalue weighted by atomic mass is 10.2. The number of aromatic nitrogens is 3. The lowest BCUT2D eigenvalue weighted by molar-refractivity contribution is 0.309. The van der Waals surface area contributed by atoms with E-state index in [1.165, 1.54) is 4.52 Å². The zero-order valence-corrected chi connectivity index (χ0v) is 14.3. The molecule has 0 atom stereocenters. The second-order valence-electron chi connectivity index (χ2n) is 5.35. The summed E-state index contributed by atoms with van der Waals surface area (Å²) in [6.07, 6.45) is 3.78. The van der Waals surface area contributed by atoms with Crippen LogP contribution in [-0.2, 0) is 0 Å². The molecule has 0 aliphatic carbocycles. The van der Waals surface area contributed by atoms with Crippen LogP contribution in [0.2, 0.25) is 0 Å². The third-order valence-corrected chi connectivity index (χ3v) is 4.46. The van der Waals surface area contributed by atoms with Crippen LogP contribution < -0.4 is 20.4 Å². The van der Waals surface area contributed by atoms with Gasteiger partial charge >= 0.3 is 0 Å². The Bertz CT molecular complexity index is 1040. The highest BCUT2D eigenvalue weighted by atomic mass is 32.1. The summed E-state index contributed by atoms with van der Waals surface area (Å²) in [5.41, 5.74) is 0.328. The monoisotopic (exact) mass is 343 g/mol. The van der Waals surface area contributed by atoms with Crippen LogP contribution in [0.15, 0.2) is 33.9 Å². The van der Waals surface area contributed by atoms with Gasteiger partial charge in [0.15, 0.2) is 0 Å². The first-order valence-electron chi connectivity index (χ1n) is 7.74. The molecule has 3 aromatic rings. The van der Waals surface area contributed by atoms with E-state index in [4.69, 9.17) is 4.74 Å². The molecule has 7 heteroatoms. The van der Waals surface area contributed by atoms with Gasteiger partial charge in [-0.1, -0.05) is 42.9 Å². The standard InChI is InChI=1S/C17H17N3O3S/c1-3-4-9-23-13-8-6-5-7-12(13)10-14-16(22)20-17(24-14)18-15(21)11(2)19-20/h5-8,10H,3-4,9H2,1-2H3/b14-10+. The van der Waals surface area contributed by atoms with Gasteiger partial charge in [0.2, 0.25) is 4.96 Å². The molecular weight excluding hydrogens is 326 g/mol. The van der Waals surface area contributed by atoms with Gasteiger partial charge < -0.3 is 4.74 Å². The normalized spacial score (nSPS) is 12.0. The molecule has 2 heterocycles. The zero-order valence-electron chi connectivity index (χ0n) is 13.5. The maximum Gasteiger partial charge on any atom is 0.295 e. The van der Waals surface area contributed by atoms with Crippen LogP contribution in [0, 0.1) is 6.92 Å². The minimum atomic E-state index is -0.411. The summed E-state index contributed by atoms with van der Waals surface area (Å²) in [5, 5.41) is 4.01. The number of fused-ring (bicyclic) bond motifs is 1. The van der Waals surface area contributed by atoms with Crippen LogP contribution >= 0.6 is 11.3 Å². The highest BCUT2D eigenvalue weighted by Crippen LogP contribution is 2.19. The molecule has 0 aliphatic heterocycles. The van der Waals surface area contributed by atoms with Crippen molar-refractivity contribution >= 4 is 22.4 Å². The van der Waals surface area contributed by atoms with Gasteiger partial charge in [-0.15, -0.1) is 0 Å². The Hall–Kier alpha value is -2.54. The Morgan fingerprint density at radius 2 is 2.08 bits per heavy atom. The Balaban J connectivity index is 2.09. The number of hydrogen-bond acceptors (Lipinski definition) is 6. The number of thiazole rings is 1. The van der Waals surface area contributed by atoms with Gasteiger partial charge in [-0.3, -0.25) is 9.59 Å². The van der Waals surface area contributed by atoms with E-state index in [1.54, 1.807) is 13.0 Å². The van der Waals surface area contributed by atoms with E-state index in [0.29, 0.717) is 16.1 Å². The lowest BCUT2D eigenvalue weighted by Gasteiger charge is -2.07. The molecule has 0 N–H and O–H groups in total. The van der Waals surface area contributed by atoms with Crippen molar-refractivity contribution < 1.29 is 4.74 Å². The van der Waals surface area contributed by atoms with E-state index < -0.39 is 5.56 Å². The maximum absolute atomic E-state index is 12.5. The predicted octanol–water partition coefficient (Wildman–Crippen LogP) is 1.55. The number of nitrogens with zero attached hydrogens (tertiary/aromatic N) is 3. The van der Waals surface area contributed by atoms with Gasteiger partial charge in [0, 0.05) is 5.56 Å². The van der Waals surface area contributed by atoms with Gasteiger partial charge in [0.25, 0.3) is 11.1 Å². The van der Waals surface area contributed by atoms with Gasteiger partial charge in [-0.2, -0.15) is 14.6 Å². The van der Waals surface area contributed by atoms with Crippen molar-refractivity contribution in [2.45, 2.75) is 26.7 Å². The van der Waals surface area contributed by atoms with Crippen LogP contribution in [0.4, 0.5) is 0 Å². The molecule has 0 bridgehead atoms. The number of aryl methyl sites for hydroxylation is 1. The minimum Gasteiger partial charge on any atom is -0.493 e. The molecule has 3 rings (SSSR count). The number of ether oxygens (including phenoxy) is 1. The smallest absolute Gasteiger partial charge is 0.295 e. The van der Waals surface area contributed by atoms with Gasteiger partial charge in [0.05, 0.1) is 11.1 Å². The summed E-state index contributed by atoms with van der Waals surface area (Å²) in [5.74, 6) is 0.731. The lowest BCUT2D eigenvalue weighted by Crippen LogP contribution is -2.27. The summed E-state index contributed by atoms with van der Waals surface area (Å²) < 4.78 is 7.42. The molecule has 0 saturated carbocycles. The summed E-state index contributed by atoms with van der Waals surface area (Å²) in [6, 6.07) is 7.55. The van der Waals surface area contributed by atoms with E-state index in [0.717, 1.165) is 35.5 Å². The van der Waals surface area contributed by atoms with E-state index in [2.05, 4.69) is 17.0 Å². The first kappa shape index (κ1) is 16.3. The van der Waals surface area contributed by atoms with E-state index in [9.17, 15) is 9.59 Å². The van der Waals surface area contributed by atoms with Gasteiger partial charge in [0.1, 0.15) is 11.4 Å². The first-order chi connectivity index (χ1) is 11.6. The van der Waals surface area contributed by atoms with Gasteiger partial charge in [-0.25, -0.2) is 0 Å². The molecule has 0 unspecified atom stereocenters. The van der Waals surface area contributed by atoms with Crippen LogP contribution in [0.3, 0.4) is 0 Å². The van der Waals surface area contributed by atoms with Crippen molar-refractivity contribution in [3.63, 3.8) is 0 Å². The quantitative estimate of drug-likeness (QED) is 0.657. The number of benzene rings is 1. The zero-order chi connectivity index (χ0) is 17.1. The molecule has 0 fully saturated rings. The van der Waals surface area contributed by atoms with E-state index >= 15 is 0 Å². The molecule has 1 aromatic carbocycles. The molecule has 0 saturated heterocycles. The largest absolute Gasteiger partial charge is 0.493 e. The molecule has 0 radical (unpaired) electrons. The topological polar surface area (TPSA) is 73.6 Å². The molecule has 124 valence electrons. The third-order valence-electron chi connectivity index (χ3n) is 3.50. The average Bonchev–Trinajstić information content (AvgIpc) is 2.86. The maximum atomic E-state index is 12.5. The van der Waals surface area contributed by atoms with Crippen molar-refractivity contribution in [3.05, 3.63) is 60.8 Å². The molecule has 0 aliphatic rings. The molecule has 24 heavy (non-hydrogen) atoms. The fourth-order valence-electron chi connectivity index (χ4n) is 2.19. The van der Waals surface area contributed by atoms with Crippen molar-refractivity contribution in [1.82, 2.24) is 14.6 Å². The number of unbranched alkanes of at least 4 members (excludes halogenated alkanes) is 1. The molecule has 0 amide bonds. The summed E-state index contributed by atoms with van der Waals surface area (Å²) in [7, 11) is 0. The Kier molecular flexibility index (Phi) is 4.71. The van der Waals surface area contributed by atoms with E-state index in [1.807, 2.05) is 24.3 Å². The van der Waals surface area contributed by atoms with E-state index in [-0.39, 0.29) is 11.3 Å². The molecule has 6 nitrogen and oxygen atoms in total. The second kappa shape index (κ2) is 6.92. The number of hydrogen-bond donors (Lipinski definition) is 0. The predicted molar refractivity (Wildman–Crippen MR) is 93.8 cm³/mol. The summed E-state index contributed by atoms with van der Waals surface area (Å²) in [6.45, 7) is 4.28. The summed E-state index contributed by atoms with van der Waals surface area (Å²) >= 11 is 1.14. The third kappa shape index (κ3) is 3.21.